The standard InChI is InChI=1S/C28H32ClN3O5S/c1-21-6-9-25(10-7-21)38(34,35)32(24-8-11-27(36-2)26(29)17-24)20-28(33)30-18-22-4-3-5-23(16-22)19-31-12-14-37-15-13-31/h3-11,16-17H,12-15,18-20H2,1-2H3,(H,30,33). The number of aryl methyl sites for hydroxylation is 1. The Morgan fingerprint density at radius 1 is 1.05 bits per heavy atom. The van der Waals surface area contributed by atoms with Crippen molar-refractivity contribution >= 4 is 33.2 Å². The Labute approximate surface area is 229 Å². The quantitative estimate of drug-likeness (QED) is 0.405. The minimum Gasteiger partial charge on any atom is -0.495 e. The van der Waals surface area contributed by atoms with Crippen LogP contribution in [0.2, 0.25) is 5.02 Å². The number of rotatable bonds is 10. The fraction of sp³-hybridized carbons (Fsp3) is 0.321. The van der Waals surface area contributed by atoms with Gasteiger partial charge >= 0.3 is 0 Å². The maximum Gasteiger partial charge on any atom is 0.264 e. The van der Waals surface area contributed by atoms with Crippen molar-refractivity contribution in [3.05, 3.63) is 88.4 Å². The Hall–Kier alpha value is -3.11. The average molecular weight is 558 g/mol. The van der Waals surface area contributed by atoms with E-state index in [-0.39, 0.29) is 22.2 Å². The lowest BCUT2D eigenvalue weighted by atomic mass is 10.1. The highest BCUT2D eigenvalue weighted by Crippen LogP contribution is 2.32. The lowest BCUT2D eigenvalue weighted by Crippen LogP contribution is -2.40. The molecule has 0 spiro atoms. The van der Waals surface area contributed by atoms with Crippen LogP contribution in [0.5, 0.6) is 5.75 Å². The number of morpholine rings is 1. The number of anilines is 1. The minimum absolute atomic E-state index is 0.0821. The molecule has 0 bridgehead atoms. The molecular weight excluding hydrogens is 526 g/mol. The Kier molecular flexibility index (Phi) is 9.27. The van der Waals surface area contributed by atoms with Gasteiger partial charge in [-0.05, 0) is 48.4 Å². The largest absolute Gasteiger partial charge is 0.495 e. The number of ether oxygens (including phenoxy) is 2. The first kappa shape index (κ1) is 27.9. The third-order valence-corrected chi connectivity index (χ3v) is 8.39. The molecule has 4 rings (SSSR count). The molecule has 0 radical (unpaired) electrons. The van der Waals surface area contributed by atoms with Crippen LogP contribution in [0.1, 0.15) is 16.7 Å². The predicted octanol–water partition coefficient (Wildman–Crippen LogP) is 4.00. The van der Waals surface area contributed by atoms with Gasteiger partial charge in [-0.25, -0.2) is 8.42 Å². The molecule has 1 fully saturated rings. The summed E-state index contributed by atoms with van der Waals surface area (Å²) in [5, 5.41) is 3.11. The van der Waals surface area contributed by atoms with Crippen LogP contribution >= 0.6 is 11.6 Å². The molecule has 8 nitrogen and oxygen atoms in total. The van der Waals surface area contributed by atoms with Crippen molar-refractivity contribution in [2.24, 2.45) is 0 Å². The lowest BCUT2D eigenvalue weighted by Gasteiger charge is -2.26. The number of methoxy groups -OCH3 is 1. The SMILES string of the molecule is COc1ccc(N(CC(=O)NCc2cccc(CN3CCOCC3)c2)S(=O)(=O)c2ccc(C)cc2)cc1Cl. The molecule has 1 saturated heterocycles. The Balaban J connectivity index is 1.50. The normalized spacial score (nSPS) is 14.2. The number of nitrogens with zero attached hydrogens (tertiary/aromatic N) is 2. The molecule has 3 aromatic carbocycles. The van der Waals surface area contributed by atoms with Crippen molar-refractivity contribution in [2.45, 2.75) is 24.9 Å². The molecule has 0 unspecified atom stereocenters. The van der Waals surface area contributed by atoms with E-state index in [0.717, 1.165) is 53.8 Å². The average Bonchev–Trinajstić information content (AvgIpc) is 2.91. The summed E-state index contributed by atoms with van der Waals surface area (Å²) < 4.78 is 38.9. The van der Waals surface area contributed by atoms with E-state index < -0.39 is 22.5 Å². The summed E-state index contributed by atoms with van der Waals surface area (Å²) in [5.41, 5.74) is 3.27. The molecule has 0 atom stereocenters. The molecule has 1 heterocycles. The molecule has 0 aromatic heterocycles. The predicted molar refractivity (Wildman–Crippen MR) is 148 cm³/mol. The van der Waals surface area contributed by atoms with E-state index in [1.165, 1.54) is 25.3 Å². The first-order valence-electron chi connectivity index (χ1n) is 12.3. The first-order chi connectivity index (χ1) is 18.3. The van der Waals surface area contributed by atoms with E-state index in [0.29, 0.717) is 5.75 Å². The minimum atomic E-state index is -4.05. The number of amides is 1. The van der Waals surface area contributed by atoms with Crippen molar-refractivity contribution < 1.29 is 22.7 Å². The summed E-state index contributed by atoms with van der Waals surface area (Å²) in [6.07, 6.45) is 0. The van der Waals surface area contributed by atoms with Gasteiger partial charge in [0.1, 0.15) is 12.3 Å². The van der Waals surface area contributed by atoms with Gasteiger partial charge in [0.05, 0.1) is 35.9 Å². The second-order valence-corrected chi connectivity index (χ2v) is 11.4. The van der Waals surface area contributed by atoms with Crippen LogP contribution < -0.4 is 14.4 Å². The van der Waals surface area contributed by atoms with Crippen LogP contribution in [-0.4, -0.2) is 59.2 Å². The molecule has 0 saturated carbocycles. The summed E-state index contributed by atoms with van der Waals surface area (Å²) in [5.74, 6) is -0.0317. The summed E-state index contributed by atoms with van der Waals surface area (Å²) >= 11 is 6.30. The second kappa shape index (κ2) is 12.6. The van der Waals surface area contributed by atoms with Gasteiger partial charge in [-0.1, -0.05) is 53.6 Å². The van der Waals surface area contributed by atoms with Gasteiger partial charge in [0.25, 0.3) is 10.0 Å². The molecular formula is C28H32ClN3O5S. The maximum absolute atomic E-state index is 13.6. The van der Waals surface area contributed by atoms with E-state index in [1.807, 2.05) is 19.1 Å². The first-order valence-corrected chi connectivity index (χ1v) is 14.2. The number of hydrogen-bond acceptors (Lipinski definition) is 6. The lowest BCUT2D eigenvalue weighted by molar-refractivity contribution is -0.119. The van der Waals surface area contributed by atoms with Gasteiger partial charge in [-0.2, -0.15) is 0 Å². The van der Waals surface area contributed by atoms with Gasteiger partial charge in [-0.15, -0.1) is 0 Å². The van der Waals surface area contributed by atoms with Gasteiger partial charge in [-0.3, -0.25) is 14.0 Å². The zero-order valence-corrected chi connectivity index (χ0v) is 23.1. The molecule has 1 N–H and O–H groups in total. The van der Waals surface area contributed by atoms with E-state index >= 15 is 0 Å². The van der Waals surface area contributed by atoms with Gasteiger partial charge in [0, 0.05) is 26.2 Å². The monoisotopic (exact) mass is 557 g/mol. The Bertz CT molecular complexity index is 1360. The van der Waals surface area contributed by atoms with Gasteiger partial charge in [0.2, 0.25) is 5.91 Å². The summed E-state index contributed by atoms with van der Waals surface area (Å²) in [4.78, 5) is 15.5. The third-order valence-electron chi connectivity index (χ3n) is 6.31. The van der Waals surface area contributed by atoms with Gasteiger partial charge < -0.3 is 14.8 Å². The smallest absolute Gasteiger partial charge is 0.264 e. The molecule has 38 heavy (non-hydrogen) atoms. The fourth-order valence-corrected chi connectivity index (χ4v) is 5.87. The zero-order valence-electron chi connectivity index (χ0n) is 21.5. The number of hydrogen-bond donors (Lipinski definition) is 1. The molecule has 1 aliphatic heterocycles. The van der Waals surface area contributed by atoms with E-state index in [4.69, 9.17) is 21.1 Å². The fourth-order valence-electron chi connectivity index (χ4n) is 4.21. The highest BCUT2D eigenvalue weighted by Gasteiger charge is 2.28. The molecule has 1 amide bonds. The number of carbonyl (C=O) groups is 1. The van der Waals surface area contributed by atoms with Crippen molar-refractivity contribution in [1.82, 2.24) is 10.2 Å². The van der Waals surface area contributed by atoms with E-state index in [1.54, 1.807) is 24.3 Å². The molecule has 10 heteroatoms. The van der Waals surface area contributed by atoms with Crippen LogP contribution in [0, 0.1) is 6.92 Å². The maximum atomic E-state index is 13.6. The van der Waals surface area contributed by atoms with Crippen molar-refractivity contribution in [2.75, 3.05) is 44.3 Å². The van der Waals surface area contributed by atoms with Crippen LogP contribution in [0.4, 0.5) is 5.69 Å². The highest BCUT2D eigenvalue weighted by atomic mass is 35.5. The number of sulfonamides is 1. The summed E-state index contributed by atoms with van der Waals surface area (Å²) in [6, 6.07) is 19.1. The second-order valence-electron chi connectivity index (χ2n) is 9.13. The van der Waals surface area contributed by atoms with Crippen molar-refractivity contribution in [1.29, 1.82) is 0 Å². The van der Waals surface area contributed by atoms with Crippen LogP contribution in [0.25, 0.3) is 0 Å². The Morgan fingerprint density at radius 2 is 1.76 bits per heavy atom. The topological polar surface area (TPSA) is 88.2 Å². The van der Waals surface area contributed by atoms with Crippen LogP contribution in [0.3, 0.4) is 0 Å². The van der Waals surface area contributed by atoms with E-state index in [9.17, 15) is 13.2 Å². The number of benzene rings is 3. The third kappa shape index (κ3) is 7.05. The number of halogens is 1. The highest BCUT2D eigenvalue weighted by molar-refractivity contribution is 7.92. The number of nitrogens with one attached hydrogen (secondary N) is 1. The molecule has 1 aliphatic rings. The van der Waals surface area contributed by atoms with Crippen molar-refractivity contribution in [3.8, 4) is 5.75 Å². The van der Waals surface area contributed by atoms with Crippen LogP contribution in [-0.2, 0) is 32.6 Å². The molecule has 202 valence electrons. The number of carbonyl (C=O) groups excluding carboxylic acids is 1. The summed E-state index contributed by atoms with van der Waals surface area (Å²) in [7, 11) is -2.57. The zero-order chi connectivity index (χ0) is 27.1. The molecule has 0 aliphatic carbocycles. The summed E-state index contributed by atoms with van der Waals surface area (Å²) in [6.45, 7) is 5.80. The van der Waals surface area contributed by atoms with Crippen LogP contribution in [0.15, 0.2) is 71.6 Å². The molecule has 3 aromatic rings. The Morgan fingerprint density at radius 3 is 2.45 bits per heavy atom. The van der Waals surface area contributed by atoms with Gasteiger partial charge in [0.15, 0.2) is 0 Å². The van der Waals surface area contributed by atoms with E-state index in [2.05, 4.69) is 22.3 Å². The van der Waals surface area contributed by atoms with Crippen molar-refractivity contribution in [3.63, 3.8) is 0 Å².